The van der Waals surface area contributed by atoms with Crippen molar-refractivity contribution in [3.8, 4) is 0 Å². The molecule has 1 aliphatic heterocycles. The van der Waals surface area contributed by atoms with E-state index in [-0.39, 0.29) is 12.1 Å². The number of fused-ring (bicyclic) bond motifs is 1. The maximum Gasteiger partial charge on any atom is 0.328 e. The van der Waals surface area contributed by atoms with Crippen LogP contribution >= 0.6 is 0 Å². The Morgan fingerprint density at radius 3 is 2.55 bits per heavy atom. The molecular formula is C20H21F2N5O2. The summed E-state index contributed by atoms with van der Waals surface area (Å²) in [5.74, 6) is -1.14. The van der Waals surface area contributed by atoms with Gasteiger partial charge in [0.25, 0.3) is 5.56 Å². The summed E-state index contributed by atoms with van der Waals surface area (Å²) in [6.45, 7) is 5.23. The first-order chi connectivity index (χ1) is 14.0. The number of hydrogen-bond acceptors (Lipinski definition) is 5. The standard InChI is InChI=1S/C20H21F2N5O2/c1-2-27-19(28)18-16(24-20(27)29)9-13(11-23-18)12-25-5-7-26(8-6-25)17-4-3-14(21)10-15(17)22/h3-4,9-11H,2,5-8,12H2,1H3,(H,24,29). The van der Waals surface area contributed by atoms with Crippen LogP contribution in [0.3, 0.4) is 0 Å². The van der Waals surface area contributed by atoms with E-state index in [0.29, 0.717) is 43.9 Å². The first-order valence-electron chi connectivity index (χ1n) is 9.50. The molecule has 0 spiro atoms. The minimum Gasteiger partial charge on any atom is -0.367 e. The number of hydrogen-bond donors (Lipinski definition) is 1. The average Bonchev–Trinajstić information content (AvgIpc) is 2.69. The molecule has 3 heterocycles. The molecule has 0 bridgehead atoms. The van der Waals surface area contributed by atoms with E-state index in [1.54, 1.807) is 19.2 Å². The molecule has 0 atom stereocenters. The van der Waals surface area contributed by atoms with Gasteiger partial charge in [0.05, 0.1) is 11.2 Å². The maximum absolute atomic E-state index is 14.0. The summed E-state index contributed by atoms with van der Waals surface area (Å²) in [4.78, 5) is 35.4. The maximum atomic E-state index is 14.0. The summed E-state index contributed by atoms with van der Waals surface area (Å²) >= 11 is 0. The van der Waals surface area contributed by atoms with Crippen molar-refractivity contribution in [1.82, 2.24) is 19.4 Å². The molecule has 9 heteroatoms. The van der Waals surface area contributed by atoms with E-state index in [2.05, 4.69) is 14.9 Å². The fourth-order valence-electron chi connectivity index (χ4n) is 3.69. The summed E-state index contributed by atoms with van der Waals surface area (Å²) in [6.07, 6.45) is 1.65. The molecule has 152 valence electrons. The van der Waals surface area contributed by atoms with Crippen molar-refractivity contribution in [2.75, 3.05) is 31.1 Å². The molecule has 1 aliphatic rings. The molecule has 0 saturated carbocycles. The third kappa shape index (κ3) is 3.77. The van der Waals surface area contributed by atoms with Gasteiger partial charge in [-0.25, -0.2) is 18.6 Å². The zero-order chi connectivity index (χ0) is 20.5. The SMILES string of the molecule is CCn1c(=O)[nH]c2cc(CN3CCN(c4ccc(F)cc4F)CC3)cnc2c1=O. The van der Waals surface area contributed by atoms with Crippen LogP contribution in [0.4, 0.5) is 14.5 Å². The molecule has 0 aliphatic carbocycles. The van der Waals surface area contributed by atoms with Gasteiger partial charge in [-0.1, -0.05) is 0 Å². The second kappa shape index (κ2) is 7.75. The summed E-state index contributed by atoms with van der Waals surface area (Å²) in [5.41, 5.74) is 1.11. The lowest BCUT2D eigenvalue weighted by Crippen LogP contribution is -2.46. The third-order valence-electron chi connectivity index (χ3n) is 5.22. The zero-order valence-electron chi connectivity index (χ0n) is 16.0. The minimum atomic E-state index is -0.586. The molecule has 0 unspecified atom stereocenters. The molecule has 1 fully saturated rings. The lowest BCUT2D eigenvalue weighted by atomic mass is 10.2. The Labute approximate surface area is 165 Å². The Morgan fingerprint density at radius 2 is 1.86 bits per heavy atom. The second-order valence-corrected chi connectivity index (χ2v) is 7.08. The van der Waals surface area contributed by atoms with Crippen LogP contribution < -0.4 is 16.1 Å². The molecule has 29 heavy (non-hydrogen) atoms. The van der Waals surface area contributed by atoms with Crippen molar-refractivity contribution < 1.29 is 8.78 Å². The predicted molar refractivity (Wildman–Crippen MR) is 106 cm³/mol. The highest BCUT2D eigenvalue weighted by molar-refractivity contribution is 5.73. The fraction of sp³-hybridized carbons (Fsp3) is 0.350. The topological polar surface area (TPSA) is 74.2 Å². The number of H-pyrrole nitrogens is 1. The fourth-order valence-corrected chi connectivity index (χ4v) is 3.69. The van der Waals surface area contributed by atoms with Gasteiger partial charge >= 0.3 is 5.69 Å². The highest BCUT2D eigenvalue weighted by Crippen LogP contribution is 2.22. The highest BCUT2D eigenvalue weighted by atomic mass is 19.1. The van der Waals surface area contributed by atoms with E-state index in [1.807, 2.05) is 4.90 Å². The van der Waals surface area contributed by atoms with Crippen LogP contribution in [0.2, 0.25) is 0 Å². The van der Waals surface area contributed by atoms with Crippen LogP contribution in [0.25, 0.3) is 11.0 Å². The van der Waals surface area contributed by atoms with Gasteiger partial charge in [-0.2, -0.15) is 0 Å². The van der Waals surface area contributed by atoms with Crippen molar-refractivity contribution in [3.63, 3.8) is 0 Å². The van der Waals surface area contributed by atoms with Gasteiger partial charge in [0, 0.05) is 51.5 Å². The molecule has 1 saturated heterocycles. The first kappa shape index (κ1) is 19.3. The van der Waals surface area contributed by atoms with Crippen molar-refractivity contribution in [3.05, 3.63) is 68.5 Å². The van der Waals surface area contributed by atoms with Gasteiger partial charge < -0.3 is 9.88 Å². The van der Waals surface area contributed by atoms with Crippen LogP contribution in [0, 0.1) is 11.6 Å². The zero-order valence-corrected chi connectivity index (χ0v) is 16.0. The summed E-state index contributed by atoms with van der Waals surface area (Å²) < 4.78 is 28.2. The molecule has 3 aromatic rings. The number of aromatic nitrogens is 3. The number of benzene rings is 1. The van der Waals surface area contributed by atoms with Crippen molar-refractivity contribution in [2.45, 2.75) is 20.0 Å². The van der Waals surface area contributed by atoms with Gasteiger partial charge in [-0.05, 0) is 30.7 Å². The van der Waals surface area contributed by atoms with Gasteiger partial charge in [0.2, 0.25) is 0 Å². The third-order valence-corrected chi connectivity index (χ3v) is 5.22. The number of halogens is 2. The van der Waals surface area contributed by atoms with E-state index < -0.39 is 22.9 Å². The summed E-state index contributed by atoms with van der Waals surface area (Å²) in [6, 6.07) is 5.40. The number of aromatic amines is 1. The smallest absolute Gasteiger partial charge is 0.328 e. The van der Waals surface area contributed by atoms with Crippen molar-refractivity contribution in [2.24, 2.45) is 0 Å². The lowest BCUT2D eigenvalue weighted by molar-refractivity contribution is 0.249. The van der Waals surface area contributed by atoms with Gasteiger partial charge in [-0.15, -0.1) is 0 Å². The van der Waals surface area contributed by atoms with Crippen LogP contribution in [-0.4, -0.2) is 45.6 Å². The number of piperazine rings is 1. The van der Waals surface area contributed by atoms with Crippen LogP contribution in [0.15, 0.2) is 40.1 Å². The quantitative estimate of drug-likeness (QED) is 0.721. The van der Waals surface area contributed by atoms with Gasteiger partial charge in [0.15, 0.2) is 5.52 Å². The van der Waals surface area contributed by atoms with E-state index >= 15 is 0 Å². The monoisotopic (exact) mass is 401 g/mol. The Kier molecular flexibility index (Phi) is 5.14. The molecule has 0 radical (unpaired) electrons. The van der Waals surface area contributed by atoms with Crippen molar-refractivity contribution in [1.29, 1.82) is 0 Å². The molecule has 1 aromatic carbocycles. The van der Waals surface area contributed by atoms with Crippen LogP contribution in [0.1, 0.15) is 12.5 Å². The number of anilines is 1. The predicted octanol–water partition coefficient (Wildman–Crippen LogP) is 1.71. The van der Waals surface area contributed by atoms with Gasteiger partial charge in [-0.3, -0.25) is 14.3 Å². The van der Waals surface area contributed by atoms with Crippen molar-refractivity contribution >= 4 is 16.7 Å². The molecule has 2 aromatic heterocycles. The Morgan fingerprint density at radius 1 is 1.10 bits per heavy atom. The Hall–Kier alpha value is -3.07. The Balaban J connectivity index is 1.47. The van der Waals surface area contributed by atoms with E-state index in [4.69, 9.17) is 0 Å². The second-order valence-electron chi connectivity index (χ2n) is 7.08. The van der Waals surface area contributed by atoms with E-state index in [1.165, 1.54) is 12.1 Å². The highest BCUT2D eigenvalue weighted by Gasteiger charge is 2.20. The average molecular weight is 401 g/mol. The normalized spacial score (nSPS) is 15.2. The molecule has 4 rings (SSSR count). The van der Waals surface area contributed by atoms with E-state index in [9.17, 15) is 18.4 Å². The molecular weight excluding hydrogens is 380 g/mol. The largest absolute Gasteiger partial charge is 0.367 e. The number of nitrogens with one attached hydrogen (secondary N) is 1. The molecule has 0 amide bonds. The van der Waals surface area contributed by atoms with Crippen LogP contribution in [-0.2, 0) is 13.1 Å². The number of nitrogens with zero attached hydrogens (tertiary/aromatic N) is 4. The molecule has 1 N–H and O–H groups in total. The minimum absolute atomic E-state index is 0.242. The van der Waals surface area contributed by atoms with E-state index in [0.717, 1.165) is 16.2 Å². The summed E-state index contributed by atoms with van der Waals surface area (Å²) in [7, 11) is 0. The summed E-state index contributed by atoms with van der Waals surface area (Å²) in [5, 5.41) is 0. The lowest BCUT2D eigenvalue weighted by Gasteiger charge is -2.36. The number of pyridine rings is 1. The molecule has 7 nitrogen and oxygen atoms in total. The number of rotatable bonds is 4. The Bertz CT molecular complexity index is 1170. The first-order valence-corrected chi connectivity index (χ1v) is 9.50. The van der Waals surface area contributed by atoms with Gasteiger partial charge in [0.1, 0.15) is 11.6 Å². The van der Waals surface area contributed by atoms with Crippen LogP contribution in [0.5, 0.6) is 0 Å².